The maximum atomic E-state index is 5.96. The largest absolute Gasteiger partial charge is 0.357 e. The van der Waals surface area contributed by atoms with Gasteiger partial charge < -0.3 is 10.6 Å². The van der Waals surface area contributed by atoms with Crippen LogP contribution in [-0.4, -0.2) is 24.1 Å². The van der Waals surface area contributed by atoms with E-state index in [1.54, 1.807) is 0 Å². The zero-order valence-electron chi connectivity index (χ0n) is 12.0. The van der Waals surface area contributed by atoms with Gasteiger partial charge in [0, 0.05) is 25.3 Å². The summed E-state index contributed by atoms with van der Waals surface area (Å²) in [6, 6.07) is 4.54. The second-order valence-corrected chi connectivity index (χ2v) is 4.88. The van der Waals surface area contributed by atoms with Crippen LogP contribution in [-0.2, 0) is 6.42 Å². The number of nitrogens with zero attached hydrogens (tertiary/aromatic N) is 2. The third kappa shape index (κ3) is 4.65. The lowest BCUT2D eigenvalue weighted by Gasteiger charge is -2.22. The van der Waals surface area contributed by atoms with Gasteiger partial charge in [0.2, 0.25) is 0 Å². The van der Waals surface area contributed by atoms with Crippen LogP contribution in [0.25, 0.3) is 0 Å². The number of pyridine rings is 1. The summed E-state index contributed by atoms with van der Waals surface area (Å²) < 4.78 is 0. The molecule has 0 aliphatic rings. The second-order valence-electron chi connectivity index (χ2n) is 4.88. The molecule has 0 spiro atoms. The molecule has 0 saturated carbocycles. The van der Waals surface area contributed by atoms with Crippen LogP contribution in [0.4, 0.5) is 5.82 Å². The van der Waals surface area contributed by atoms with Gasteiger partial charge in [0.05, 0.1) is 0 Å². The van der Waals surface area contributed by atoms with Crippen LogP contribution in [0, 0.1) is 0 Å². The zero-order valence-corrected chi connectivity index (χ0v) is 12.0. The van der Waals surface area contributed by atoms with Crippen LogP contribution in [0.15, 0.2) is 18.3 Å². The van der Waals surface area contributed by atoms with Crippen molar-refractivity contribution < 1.29 is 0 Å². The van der Waals surface area contributed by atoms with Gasteiger partial charge in [-0.05, 0) is 37.3 Å². The second kappa shape index (κ2) is 8.09. The number of aromatic nitrogens is 1. The summed E-state index contributed by atoms with van der Waals surface area (Å²) in [5, 5.41) is 0. The van der Waals surface area contributed by atoms with Crippen LogP contribution >= 0.6 is 0 Å². The molecule has 0 aliphatic carbocycles. The van der Waals surface area contributed by atoms with Crippen molar-refractivity contribution in [3.8, 4) is 0 Å². The summed E-state index contributed by atoms with van der Waals surface area (Å²) in [5.41, 5.74) is 7.20. The van der Waals surface area contributed by atoms with Gasteiger partial charge in [0.15, 0.2) is 0 Å². The number of nitrogens with two attached hydrogens (primary N) is 1. The van der Waals surface area contributed by atoms with Gasteiger partial charge >= 0.3 is 0 Å². The van der Waals surface area contributed by atoms with Crippen molar-refractivity contribution in [2.24, 2.45) is 5.73 Å². The Morgan fingerprint density at radius 3 is 2.28 bits per heavy atom. The summed E-state index contributed by atoms with van der Waals surface area (Å²) in [6.45, 7) is 8.69. The molecule has 102 valence electrons. The van der Waals surface area contributed by atoms with E-state index in [1.165, 1.54) is 5.56 Å². The summed E-state index contributed by atoms with van der Waals surface area (Å²) in [7, 11) is 0. The third-order valence-electron chi connectivity index (χ3n) is 3.14. The van der Waals surface area contributed by atoms with E-state index in [0.717, 1.165) is 44.6 Å². The van der Waals surface area contributed by atoms with Crippen LogP contribution in [0.3, 0.4) is 0 Å². The van der Waals surface area contributed by atoms with Crippen LogP contribution < -0.4 is 10.6 Å². The predicted molar refractivity (Wildman–Crippen MR) is 79.0 cm³/mol. The monoisotopic (exact) mass is 249 g/mol. The highest BCUT2D eigenvalue weighted by Gasteiger charge is 2.07. The lowest BCUT2D eigenvalue weighted by molar-refractivity contribution is 0.644. The standard InChI is InChI=1S/C15H27N3/c1-4-9-18(10-5-2)15-8-7-13(12-17-15)11-14(16)6-3/h7-8,12,14H,4-6,9-11,16H2,1-3H3. The minimum absolute atomic E-state index is 0.250. The molecule has 2 N–H and O–H groups in total. The average Bonchev–Trinajstić information content (AvgIpc) is 2.39. The van der Waals surface area contributed by atoms with Gasteiger partial charge in [-0.3, -0.25) is 0 Å². The Balaban J connectivity index is 2.67. The molecule has 0 aliphatic heterocycles. The molecule has 1 unspecified atom stereocenters. The molecule has 3 nitrogen and oxygen atoms in total. The molecule has 0 fully saturated rings. The predicted octanol–water partition coefficient (Wildman–Crippen LogP) is 2.99. The quantitative estimate of drug-likeness (QED) is 0.770. The van der Waals surface area contributed by atoms with Gasteiger partial charge in [-0.2, -0.15) is 0 Å². The number of hydrogen-bond donors (Lipinski definition) is 1. The smallest absolute Gasteiger partial charge is 0.128 e. The van der Waals surface area contributed by atoms with E-state index in [1.807, 2.05) is 6.20 Å². The SMILES string of the molecule is CCCN(CCC)c1ccc(CC(N)CC)cn1. The molecule has 1 aromatic heterocycles. The van der Waals surface area contributed by atoms with E-state index in [9.17, 15) is 0 Å². The highest BCUT2D eigenvalue weighted by molar-refractivity contribution is 5.39. The molecular weight excluding hydrogens is 222 g/mol. The number of hydrogen-bond acceptors (Lipinski definition) is 3. The maximum Gasteiger partial charge on any atom is 0.128 e. The zero-order chi connectivity index (χ0) is 13.4. The Hall–Kier alpha value is -1.09. The molecular formula is C15H27N3. The molecule has 1 rings (SSSR count). The Morgan fingerprint density at radius 2 is 1.83 bits per heavy atom. The molecule has 0 aromatic carbocycles. The van der Waals surface area contributed by atoms with Crippen molar-refractivity contribution in [1.82, 2.24) is 4.98 Å². The Kier molecular flexibility index (Phi) is 6.73. The van der Waals surface area contributed by atoms with Crippen LogP contribution in [0.5, 0.6) is 0 Å². The first-order valence-electron chi connectivity index (χ1n) is 7.16. The highest BCUT2D eigenvalue weighted by atomic mass is 15.2. The first-order chi connectivity index (χ1) is 8.71. The summed E-state index contributed by atoms with van der Waals surface area (Å²) >= 11 is 0. The van der Waals surface area contributed by atoms with Gasteiger partial charge in [-0.25, -0.2) is 4.98 Å². The highest BCUT2D eigenvalue weighted by Crippen LogP contribution is 2.13. The van der Waals surface area contributed by atoms with Crippen molar-refractivity contribution >= 4 is 5.82 Å². The average molecular weight is 249 g/mol. The first kappa shape index (κ1) is 15.0. The molecule has 1 heterocycles. The van der Waals surface area contributed by atoms with Crippen molar-refractivity contribution in [2.45, 2.75) is 52.5 Å². The topological polar surface area (TPSA) is 42.1 Å². The molecule has 0 radical (unpaired) electrons. The van der Waals surface area contributed by atoms with E-state index in [4.69, 9.17) is 5.73 Å². The molecule has 1 aromatic rings. The molecule has 18 heavy (non-hydrogen) atoms. The Bertz CT molecular complexity index is 315. The number of anilines is 1. The Labute approximate surface area is 111 Å². The third-order valence-corrected chi connectivity index (χ3v) is 3.14. The fourth-order valence-corrected chi connectivity index (χ4v) is 2.05. The molecule has 0 amide bonds. The van der Waals surface area contributed by atoms with Crippen molar-refractivity contribution in [3.63, 3.8) is 0 Å². The minimum atomic E-state index is 0.250. The van der Waals surface area contributed by atoms with Gasteiger partial charge in [-0.1, -0.05) is 26.8 Å². The van der Waals surface area contributed by atoms with Crippen molar-refractivity contribution in [3.05, 3.63) is 23.9 Å². The molecule has 1 atom stereocenters. The fourth-order valence-electron chi connectivity index (χ4n) is 2.05. The first-order valence-corrected chi connectivity index (χ1v) is 7.16. The lowest BCUT2D eigenvalue weighted by Crippen LogP contribution is -2.26. The summed E-state index contributed by atoms with van der Waals surface area (Å²) in [4.78, 5) is 6.92. The number of rotatable bonds is 8. The van der Waals surface area contributed by atoms with Gasteiger partial charge in [0.25, 0.3) is 0 Å². The molecule has 3 heteroatoms. The van der Waals surface area contributed by atoms with Crippen molar-refractivity contribution in [2.75, 3.05) is 18.0 Å². The van der Waals surface area contributed by atoms with Gasteiger partial charge in [0.1, 0.15) is 5.82 Å². The molecule has 0 bridgehead atoms. The minimum Gasteiger partial charge on any atom is -0.357 e. The van der Waals surface area contributed by atoms with Crippen molar-refractivity contribution in [1.29, 1.82) is 0 Å². The fraction of sp³-hybridized carbons (Fsp3) is 0.667. The molecule has 0 saturated heterocycles. The normalized spacial score (nSPS) is 12.4. The summed E-state index contributed by atoms with van der Waals surface area (Å²) in [5.74, 6) is 1.09. The lowest BCUT2D eigenvalue weighted by atomic mass is 10.1. The Morgan fingerprint density at radius 1 is 1.17 bits per heavy atom. The summed E-state index contributed by atoms with van der Waals surface area (Å²) in [6.07, 6.45) is 6.22. The van der Waals surface area contributed by atoms with E-state index < -0.39 is 0 Å². The van der Waals surface area contributed by atoms with Crippen LogP contribution in [0.1, 0.15) is 45.6 Å². The maximum absolute atomic E-state index is 5.96. The van der Waals surface area contributed by atoms with Crippen LogP contribution in [0.2, 0.25) is 0 Å². The van der Waals surface area contributed by atoms with E-state index >= 15 is 0 Å². The van der Waals surface area contributed by atoms with E-state index in [0.29, 0.717) is 0 Å². The van der Waals surface area contributed by atoms with E-state index in [-0.39, 0.29) is 6.04 Å². The van der Waals surface area contributed by atoms with Gasteiger partial charge in [-0.15, -0.1) is 0 Å². The van der Waals surface area contributed by atoms with E-state index in [2.05, 4.69) is 42.8 Å².